The molecule has 3 N–H and O–H groups in total. The number of nitrogens with one attached hydrogen (secondary N) is 3. The zero-order valence-corrected chi connectivity index (χ0v) is 18.5. The Kier molecular flexibility index (Phi) is 7.40. The van der Waals surface area contributed by atoms with Gasteiger partial charge in [0.05, 0.1) is 10.6 Å². The van der Waals surface area contributed by atoms with Crippen molar-refractivity contribution >= 4 is 45.9 Å². The summed E-state index contributed by atoms with van der Waals surface area (Å²) >= 11 is 12.0. The Bertz CT molecular complexity index is 1050. The number of aromatic nitrogens is 1. The van der Waals surface area contributed by atoms with E-state index in [1.165, 1.54) is 6.07 Å². The molecule has 30 heavy (non-hydrogen) atoms. The molecule has 0 fully saturated rings. The van der Waals surface area contributed by atoms with E-state index in [1.54, 1.807) is 12.1 Å². The summed E-state index contributed by atoms with van der Waals surface area (Å²) in [6.07, 6.45) is 3.18. The van der Waals surface area contributed by atoms with Crippen molar-refractivity contribution in [2.24, 2.45) is 5.92 Å². The highest BCUT2D eigenvalue weighted by Gasteiger charge is 2.23. The SMILES string of the molecule is CC(C)CC(NC(=O)c1ccc(Cl)cc1Cl)C(=O)NCCc1c[nH]c2ccccc12. The normalized spacial score (nSPS) is 12.2. The van der Waals surface area contributed by atoms with Gasteiger partial charge in [0.1, 0.15) is 6.04 Å². The standard InChI is InChI=1S/C23H25Cl2N3O2/c1-14(2)11-21(28-22(29)18-8-7-16(24)12-19(18)25)23(30)26-10-9-15-13-27-20-6-4-3-5-17(15)20/h3-8,12-14,21,27H,9-11H2,1-2H3,(H,26,30)(H,28,29). The van der Waals surface area contributed by atoms with E-state index in [1.807, 2.05) is 38.2 Å². The number of hydrogen-bond donors (Lipinski definition) is 3. The Hall–Kier alpha value is -2.50. The molecule has 158 valence electrons. The lowest BCUT2D eigenvalue weighted by molar-refractivity contribution is -0.123. The second-order valence-corrected chi connectivity index (χ2v) is 8.52. The fourth-order valence-electron chi connectivity index (χ4n) is 3.39. The zero-order valence-electron chi connectivity index (χ0n) is 17.0. The highest BCUT2D eigenvalue weighted by atomic mass is 35.5. The lowest BCUT2D eigenvalue weighted by atomic mass is 10.0. The molecule has 1 unspecified atom stereocenters. The first-order valence-electron chi connectivity index (χ1n) is 9.93. The largest absolute Gasteiger partial charge is 0.361 e. The van der Waals surface area contributed by atoms with Crippen molar-refractivity contribution in [3.05, 3.63) is 69.8 Å². The molecule has 1 heterocycles. The predicted molar refractivity (Wildman–Crippen MR) is 122 cm³/mol. The van der Waals surface area contributed by atoms with E-state index in [4.69, 9.17) is 23.2 Å². The molecular formula is C23H25Cl2N3O2. The van der Waals surface area contributed by atoms with Crippen LogP contribution in [0.25, 0.3) is 10.9 Å². The number of hydrogen-bond acceptors (Lipinski definition) is 2. The summed E-state index contributed by atoms with van der Waals surface area (Å²) in [6, 6.07) is 12.1. The van der Waals surface area contributed by atoms with Crippen LogP contribution in [0.3, 0.4) is 0 Å². The first-order valence-corrected chi connectivity index (χ1v) is 10.7. The molecule has 7 heteroatoms. The number of para-hydroxylation sites is 1. The van der Waals surface area contributed by atoms with Gasteiger partial charge in [0.15, 0.2) is 0 Å². The van der Waals surface area contributed by atoms with E-state index in [9.17, 15) is 9.59 Å². The minimum absolute atomic E-state index is 0.207. The highest BCUT2D eigenvalue weighted by molar-refractivity contribution is 6.36. The van der Waals surface area contributed by atoms with Crippen LogP contribution in [0.1, 0.15) is 36.2 Å². The number of carbonyl (C=O) groups is 2. The van der Waals surface area contributed by atoms with Crippen molar-refractivity contribution in [1.82, 2.24) is 15.6 Å². The third kappa shape index (κ3) is 5.55. The topological polar surface area (TPSA) is 74.0 Å². The van der Waals surface area contributed by atoms with Gasteiger partial charge >= 0.3 is 0 Å². The van der Waals surface area contributed by atoms with Gasteiger partial charge in [-0.15, -0.1) is 0 Å². The summed E-state index contributed by atoms with van der Waals surface area (Å²) in [7, 11) is 0. The number of rotatable bonds is 8. The Labute approximate surface area is 186 Å². The molecule has 0 saturated carbocycles. The molecule has 1 atom stereocenters. The fourth-order valence-corrected chi connectivity index (χ4v) is 3.89. The molecule has 2 amide bonds. The number of benzene rings is 2. The number of H-pyrrole nitrogens is 1. The van der Waals surface area contributed by atoms with Crippen LogP contribution in [0.4, 0.5) is 0 Å². The molecule has 2 aromatic carbocycles. The molecule has 0 radical (unpaired) electrons. The Morgan fingerprint density at radius 2 is 1.87 bits per heavy atom. The van der Waals surface area contributed by atoms with Gasteiger partial charge in [-0.1, -0.05) is 55.2 Å². The lowest BCUT2D eigenvalue weighted by Crippen LogP contribution is -2.47. The number of carbonyl (C=O) groups excluding carboxylic acids is 2. The molecule has 0 spiro atoms. The van der Waals surface area contributed by atoms with Gasteiger partial charge in [-0.2, -0.15) is 0 Å². The van der Waals surface area contributed by atoms with E-state index in [0.717, 1.165) is 16.5 Å². The van der Waals surface area contributed by atoms with Crippen molar-refractivity contribution in [3.8, 4) is 0 Å². The van der Waals surface area contributed by atoms with Gasteiger partial charge in [-0.25, -0.2) is 0 Å². The van der Waals surface area contributed by atoms with Gasteiger partial charge in [0.2, 0.25) is 5.91 Å². The van der Waals surface area contributed by atoms with Gasteiger partial charge < -0.3 is 15.6 Å². The van der Waals surface area contributed by atoms with Crippen LogP contribution < -0.4 is 10.6 Å². The zero-order chi connectivity index (χ0) is 21.7. The fraction of sp³-hybridized carbons (Fsp3) is 0.304. The van der Waals surface area contributed by atoms with E-state index in [0.29, 0.717) is 30.0 Å². The van der Waals surface area contributed by atoms with Crippen LogP contribution >= 0.6 is 23.2 Å². The van der Waals surface area contributed by atoms with Crippen LogP contribution in [0.2, 0.25) is 10.0 Å². The third-order valence-electron chi connectivity index (χ3n) is 4.87. The van der Waals surface area contributed by atoms with Gasteiger partial charge in [0.25, 0.3) is 5.91 Å². The summed E-state index contributed by atoms with van der Waals surface area (Å²) in [4.78, 5) is 28.7. The van der Waals surface area contributed by atoms with Crippen molar-refractivity contribution in [3.63, 3.8) is 0 Å². The summed E-state index contributed by atoms with van der Waals surface area (Å²) in [5, 5.41) is 7.61. The van der Waals surface area contributed by atoms with E-state index >= 15 is 0 Å². The number of halogens is 2. The van der Waals surface area contributed by atoms with Crippen LogP contribution in [-0.4, -0.2) is 29.4 Å². The number of fused-ring (bicyclic) bond motifs is 1. The minimum Gasteiger partial charge on any atom is -0.361 e. The average Bonchev–Trinajstić information content (AvgIpc) is 3.10. The maximum absolute atomic E-state index is 12.8. The molecule has 1 aromatic heterocycles. The van der Waals surface area contributed by atoms with Crippen molar-refractivity contribution in [1.29, 1.82) is 0 Å². The summed E-state index contributed by atoms with van der Waals surface area (Å²) < 4.78 is 0. The molecule has 0 aliphatic heterocycles. The molecule has 3 rings (SSSR count). The molecular weight excluding hydrogens is 421 g/mol. The molecule has 0 bridgehead atoms. The van der Waals surface area contributed by atoms with Gasteiger partial charge in [-0.05, 0) is 48.6 Å². The molecule has 3 aromatic rings. The van der Waals surface area contributed by atoms with Crippen molar-refractivity contribution in [2.45, 2.75) is 32.7 Å². The van der Waals surface area contributed by atoms with E-state index in [-0.39, 0.29) is 16.8 Å². The van der Waals surface area contributed by atoms with Crippen molar-refractivity contribution in [2.75, 3.05) is 6.54 Å². The number of aromatic amines is 1. The Morgan fingerprint density at radius 3 is 2.60 bits per heavy atom. The van der Waals surface area contributed by atoms with Crippen LogP contribution in [0.5, 0.6) is 0 Å². The molecule has 0 saturated heterocycles. The second-order valence-electron chi connectivity index (χ2n) is 7.68. The Morgan fingerprint density at radius 1 is 1.10 bits per heavy atom. The summed E-state index contributed by atoms with van der Waals surface area (Å²) in [5.74, 6) is -0.369. The quantitative estimate of drug-likeness (QED) is 0.457. The highest BCUT2D eigenvalue weighted by Crippen LogP contribution is 2.21. The maximum atomic E-state index is 12.8. The van der Waals surface area contributed by atoms with Crippen LogP contribution in [0, 0.1) is 5.92 Å². The summed E-state index contributed by atoms with van der Waals surface area (Å²) in [6.45, 7) is 4.49. The van der Waals surface area contributed by atoms with Crippen LogP contribution in [0.15, 0.2) is 48.7 Å². The summed E-state index contributed by atoms with van der Waals surface area (Å²) in [5.41, 5.74) is 2.51. The average molecular weight is 446 g/mol. The maximum Gasteiger partial charge on any atom is 0.253 e. The molecule has 0 aliphatic carbocycles. The van der Waals surface area contributed by atoms with E-state index < -0.39 is 11.9 Å². The first-order chi connectivity index (χ1) is 14.3. The lowest BCUT2D eigenvalue weighted by Gasteiger charge is -2.20. The smallest absolute Gasteiger partial charge is 0.253 e. The third-order valence-corrected chi connectivity index (χ3v) is 5.42. The van der Waals surface area contributed by atoms with E-state index in [2.05, 4.69) is 21.7 Å². The predicted octanol–water partition coefficient (Wildman–Crippen LogP) is 4.98. The van der Waals surface area contributed by atoms with Gasteiger partial charge in [0, 0.05) is 28.7 Å². The second kappa shape index (κ2) is 10.0. The first kappa shape index (κ1) is 22.2. The van der Waals surface area contributed by atoms with Gasteiger partial charge in [-0.3, -0.25) is 9.59 Å². The van der Waals surface area contributed by atoms with Crippen LogP contribution in [-0.2, 0) is 11.2 Å². The molecule has 0 aliphatic rings. The Balaban J connectivity index is 1.62. The number of amides is 2. The minimum atomic E-state index is -0.646. The molecule has 5 nitrogen and oxygen atoms in total. The van der Waals surface area contributed by atoms with Crippen molar-refractivity contribution < 1.29 is 9.59 Å². The monoisotopic (exact) mass is 445 g/mol.